The van der Waals surface area contributed by atoms with E-state index in [0.717, 1.165) is 31.6 Å². The normalized spacial score (nSPS) is 17.4. The number of ether oxygens (including phenoxy) is 3. The van der Waals surface area contributed by atoms with Crippen molar-refractivity contribution < 1.29 is 19.0 Å². The average Bonchev–Trinajstić information content (AvgIpc) is 3.29. The van der Waals surface area contributed by atoms with E-state index < -0.39 is 0 Å². The SMILES string of the molecule is CCCCCOC(=O)c1ccc(OC(C)(C)C2CO2)cc1. The number of unbranched alkanes of at least 4 members (excludes halogenated alkanes) is 2. The van der Waals surface area contributed by atoms with Gasteiger partial charge in [0, 0.05) is 0 Å². The van der Waals surface area contributed by atoms with Crippen LogP contribution in [0.2, 0.25) is 0 Å². The lowest BCUT2D eigenvalue weighted by atomic mass is 10.1. The van der Waals surface area contributed by atoms with Gasteiger partial charge in [0.05, 0.1) is 18.8 Å². The van der Waals surface area contributed by atoms with Crippen LogP contribution in [-0.2, 0) is 9.47 Å². The Bertz CT molecular complexity index is 460. The van der Waals surface area contributed by atoms with Gasteiger partial charge in [-0.05, 0) is 44.5 Å². The van der Waals surface area contributed by atoms with Crippen LogP contribution in [0.1, 0.15) is 50.4 Å². The van der Waals surface area contributed by atoms with Crippen LogP contribution in [0.4, 0.5) is 0 Å². The van der Waals surface area contributed by atoms with Gasteiger partial charge >= 0.3 is 5.97 Å². The molecule has 1 aromatic carbocycles. The van der Waals surface area contributed by atoms with Crippen LogP contribution in [0.5, 0.6) is 5.75 Å². The van der Waals surface area contributed by atoms with E-state index in [2.05, 4.69) is 6.92 Å². The first-order valence-corrected chi connectivity index (χ1v) is 7.60. The van der Waals surface area contributed by atoms with Crippen LogP contribution in [0.15, 0.2) is 24.3 Å². The molecule has 0 N–H and O–H groups in total. The van der Waals surface area contributed by atoms with Crippen molar-refractivity contribution in [2.24, 2.45) is 0 Å². The molecule has 0 radical (unpaired) electrons. The molecule has 4 heteroatoms. The number of esters is 1. The molecule has 1 fully saturated rings. The van der Waals surface area contributed by atoms with Gasteiger partial charge in [-0.3, -0.25) is 0 Å². The summed E-state index contributed by atoms with van der Waals surface area (Å²) in [5.74, 6) is 0.459. The van der Waals surface area contributed by atoms with Crippen molar-refractivity contribution in [3.8, 4) is 5.75 Å². The minimum Gasteiger partial charge on any atom is -0.485 e. The van der Waals surface area contributed by atoms with Gasteiger partial charge in [0.1, 0.15) is 17.5 Å². The molecule has 1 saturated heterocycles. The summed E-state index contributed by atoms with van der Waals surface area (Å²) < 4.78 is 16.4. The smallest absolute Gasteiger partial charge is 0.338 e. The standard InChI is InChI=1S/C17H24O4/c1-4-5-6-11-19-16(18)13-7-9-14(10-8-13)21-17(2,3)15-12-20-15/h7-10,15H,4-6,11-12H2,1-3H3. The minimum absolute atomic E-state index is 0.153. The molecule has 21 heavy (non-hydrogen) atoms. The first-order valence-electron chi connectivity index (χ1n) is 7.60. The summed E-state index contributed by atoms with van der Waals surface area (Å²) in [5.41, 5.74) is 0.210. The van der Waals surface area contributed by atoms with E-state index in [9.17, 15) is 4.79 Å². The van der Waals surface area contributed by atoms with Gasteiger partial charge < -0.3 is 14.2 Å². The molecule has 2 rings (SSSR count). The molecular weight excluding hydrogens is 268 g/mol. The molecule has 0 amide bonds. The van der Waals surface area contributed by atoms with Gasteiger partial charge in [-0.1, -0.05) is 19.8 Å². The summed E-state index contributed by atoms with van der Waals surface area (Å²) in [5, 5.41) is 0. The van der Waals surface area contributed by atoms with E-state index in [0.29, 0.717) is 12.2 Å². The van der Waals surface area contributed by atoms with Crippen LogP contribution >= 0.6 is 0 Å². The van der Waals surface area contributed by atoms with Crippen LogP contribution in [0.25, 0.3) is 0 Å². The second-order valence-corrected chi connectivity index (χ2v) is 5.89. The van der Waals surface area contributed by atoms with Gasteiger partial charge in [0.15, 0.2) is 0 Å². The van der Waals surface area contributed by atoms with Crippen molar-refractivity contribution >= 4 is 5.97 Å². The lowest BCUT2D eigenvalue weighted by Gasteiger charge is -2.24. The molecule has 1 unspecified atom stereocenters. The van der Waals surface area contributed by atoms with Gasteiger partial charge in [0.2, 0.25) is 0 Å². The fraction of sp³-hybridized carbons (Fsp3) is 0.588. The Kier molecular flexibility index (Phi) is 5.23. The van der Waals surface area contributed by atoms with Crippen LogP contribution in [0.3, 0.4) is 0 Å². The molecule has 0 aliphatic carbocycles. The highest BCUT2D eigenvalue weighted by atomic mass is 16.6. The molecular formula is C17H24O4. The predicted octanol–water partition coefficient (Wildman–Crippen LogP) is 3.59. The Morgan fingerprint density at radius 2 is 1.95 bits per heavy atom. The minimum atomic E-state index is -0.345. The zero-order valence-corrected chi connectivity index (χ0v) is 13.1. The summed E-state index contributed by atoms with van der Waals surface area (Å²) >= 11 is 0. The van der Waals surface area contributed by atoms with Crippen molar-refractivity contribution in [1.82, 2.24) is 0 Å². The molecule has 116 valence electrons. The maximum Gasteiger partial charge on any atom is 0.338 e. The summed E-state index contributed by atoms with van der Waals surface area (Å²) in [7, 11) is 0. The first-order chi connectivity index (χ1) is 10.0. The van der Waals surface area contributed by atoms with E-state index in [-0.39, 0.29) is 17.7 Å². The molecule has 1 atom stereocenters. The Morgan fingerprint density at radius 3 is 2.52 bits per heavy atom. The van der Waals surface area contributed by atoms with Crippen LogP contribution < -0.4 is 4.74 Å². The fourth-order valence-corrected chi connectivity index (χ4v) is 2.08. The van der Waals surface area contributed by atoms with Crippen LogP contribution in [-0.4, -0.2) is 30.9 Å². The number of carbonyl (C=O) groups excluding carboxylic acids is 1. The highest BCUT2D eigenvalue weighted by molar-refractivity contribution is 5.89. The first kappa shape index (κ1) is 15.8. The van der Waals surface area contributed by atoms with E-state index in [1.165, 1.54) is 0 Å². The lowest BCUT2D eigenvalue weighted by Crippen LogP contribution is -2.34. The maximum absolute atomic E-state index is 11.8. The zero-order valence-electron chi connectivity index (χ0n) is 13.1. The lowest BCUT2D eigenvalue weighted by molar-refractivity contribution is 0.0498. The molecule has 1 aliphatic rings. The van der Waals surface area contributed by atoms with Crippen molar-refractivity contribution in [3.63, 3.8) is 0 Å². The number of benzene rings is 1. The number of carbonyl (C=O) groups is 1. The summed E-state index contributed by atoms with van der Waals surface area (Å²) in [6, 6.07) is 7.07. The third-order valence-electron chi connectivity index (χ3n) is 3.56. The average molecular weight is 292 g/mol. The highest BCUT2D eigenvalue weighted by Crippen LogP contribution is 2.29. The number of hydrogen-bond donors (Lipinski definition) is 0. The third-order valence-corrected chi connectivity index (χ3v) is 3.56. The third kappa shape index (κ3) is 4.74. The largest absolute Gasteiger partial charge is 0.485 e. The molecule has 0 aromatic heterocycles. The summed E-state index contributed by atoms with van der Waals surface area (Å²) in [6.45, 7) is 7.35. The summed E-state index contributed by atoms with van der Waals surface area (Å²) in [4.78, 5) is 11.8. The molecule has 1 aromatic rings. The van der Waals surface area contributed by atoms with E-state index in [4.69, 9.17) is 14.2 Å². The van der Waals surface area contributed by atoms with Crippen molar-refractivity contribution in [2.45, 2.75) is 51.7 Å². The van der Waals surface area contributed by atoms with Crippen LogP contribution in [0, 0.1) is 0 Å². The van der Waals surface area contributed by atoms with Crippen molar-refractivity contribution in [2.75, 3.05) is 13.2 Å². The Balaban J connectivity index is 1.84. The number of hydrogen-bond acceptors (Lipinski definition) is 4. The van der Waals surface area contributed by atoms with Gasteiger partial charge in [-0.25, -0.2) is 4.79 Å². The van der Waals surface area contributed by atoms with Crippen molar-refractivity contribution in [3.05, 3.63) is 29.8 Å². The fourth-order valence-electron chi connectivity index (χ4n) is 2.08. The zero-order chi connectivity index (χ0) is 15.3. The molecule has 1 heterocycles. The second-order valence-electron chi connectivity index (χ2n) is 5.89. The molecule has 0 saturated carbocycles. The maximum atomic E-state index is 11.8. The second kappa shape index (κ2) is 6.94. The molecule has 4 nitrogen and oxygen atoms in total. The Labute approximate surface area is 126 Å². The van der Waals surface area contributed by atoms with E-state index in [1.807, 2.05) is 13.8 Å². The summed E-state index contributed by atoms with van der Waals surface area (Å²) in [6.07, 6.45) is 3.27. The van der Waals surface area contributed by atoms with E-state index in [1.54, 1.807) is 24.3 Å². The van der Waals surface area contributed by atoms with Gasteiger partial charge in [0.25, 0.3) is 0 Å². The Hall–Kier alpha value is -1.55. The molecule has 0 bridgehead atoms. The number of epoxide rings is 1. The Morgan fingerprint density at radius 1 is 1.29 bits per heavy atom. The molecule has 0 spiro atoms. The highest BCUT2D eigenvalue weighted by Gasteiger charge is 2.41. The quantitative estimate of drug-likeness (QED) is 0.417. The van der Waals surface area contributed by atoms with Crippen molar-refractivity contribution in [1.29, 1.82) is 0 Å². The topological polar surface area (TPSA) is 48.1 Å². The van der Waals surface area contributed by atoms with Gasteiger partial charge in [-0.15, -0.1) is 0 Å². The predicted molar refractivity (Wildman–Crippen MR) is 80.7 cm³/mol. The number of rotatable bonds is 8. The monoisotopic (exact) mass is 292 g/mol. The molecule has 1 aliphatic heterocycles. The van der Waals surface area contributed by atoms with Gasteiger partial charge in [-0.2, -0.15) is 0 Å². The van der Waals surface area contributed by atoms with E-state index >= 15 is 0 Å².